The van der Waals surface area contributed by atoms with Gasteiger partial charge in [0.15, 0.2) is 11.5 Å². The first-order valence-corrected chi connectivity index (χ1v) is 3.80. The maximum Gasteiger partial charge on any atom is 0.178 e. The van der Waals surface area contributed by atoms with Gasteiger partial charge in [0.1, 0.15) is 5.52 Å². The van der Waals surface area contributed by atoms with Gasteiger partial charge in [-0.25, -0.2) is 4.98 Å². The molecule has 4 heteroatoms. The number of oxazole rings is 1. The standard InChI is InChI=1S/C8H5ClNO2/c9-5-1-2-7-6(3-5)10-8(4-11)12-7/h1-3H,4H2/q-1. The fraction of sp³-hybridized carbons (Fsp3) is 0.125. The van der Waals surface area contributed by atoms with Gasteiger partial charge in [-0.15, -0.1) is 0 Å². The third-order valence-corrected chi connectivity index (χ3v) is 1.75. The Hall–Kier alpha value is -1.06. The van der Waals surface area contributed by atoms with E-state index in [-0.39, 0.29) is 5.89 Å². The van der Waals surface area contributed by atoms with E-state index in [4.69, 9.17) is 16.0 Å². The molecule has 1 aromatic heterocycles. The van der Waals surface area contributed by atoms with E-state index in [0.29, 0.717) is 16.1 Å². The molecule has 0 aliphatic heterocycles. The molecule has 0 spiro atoms. The van der Waals surface area contributed by atoms with Gasteiger partial charge in [-0.05, 0) is 18.2 Å². The van der Waals surface area contributed by atoms with Gasteiger partial charge in [0.05, 0.1) is 0 Å². The fourth-order valence-corrected chi connectivity index (χ4v) is 1.18. The van der Waals surface area contributed by atoms with Gasteiger partial charge in [0, 0.05) is 5.02 Å². The maximum atomic E-state index is 10.4. The molecule has 0 saturated heterocycles. The van der Waals surface area contributed by atoms with Crippen molar-refractivity contribution < 1.29 is 9.52 Å². The van der Waals surface area contributed by atoms with Gasteiger partial charge in [-0.1, -0.05) is 18.2 Å². The number of hydrogen-bond acceptors (Lipinski definition) is 3. The highest BCUT2D eigenvalue weighted by Crippen LogP contribution is 2.19. The highest BCUT2D eigenvalue weighted by atomic mass is 35.5. The second-order valence-corrected chi connectivity index (χ2v) is 2.80. The molecule has 0 radical (unpaired) electrons. The second-order valence-electron chi connectivity index (χ2n) is 2.36. The summed E-state index contributed by atoms with van der Waals surface area (Å²) < 4.78 is 5.09. The highest BCUT2D eigenvalue weighted by molar-refractivity contribution is 6.31. The third-order valence-electron chi connectivity index (χ3n) is 1.52. The van der Waals surface area contributed by atoms with Crippen LogP contribution in [0.4, 0.5) is 0 Å². The largest absolute Gasteiger partial charge is 0.848 e. The normalized spacial score (nSPS) is 10.8. The Bertz CT molecular complexity index is 410. The van der Waals surface area contributed by atoms with Crippen LogP contribution < -0.4 is 5.11 Å². The number of aromatic nitrogens is 1. The summed E-state index contributed by atoms with van der Waals surface area (Å²) in [6, 6.07) is 5.06. The number of fused-ring (bicyclic) bond motifs is 1. The van der Waals surface area contributed by atoms with Crippen LogP contribution in [0.3, 0.4) is 0 Å². The molecule has 2 aromatic rings. The molecular formula is C8H5ClNO2-. The van der Waals surface area contributed by atoms with Crippen LogP contribution in [0.15, 0.2) is 22.6 Å². The Balaban J connectivity index is 2.67. The van der Waals surface area contributed by atoms with Gasteiger partial charge in [0.2, 0.25) is 0 Å². The van der Waals surface area contributed by atoms with Crippen molar-refractivity contribution in [2.24, 2.45) is 0 Å². The molecule has 1 heterocycles. The fourth-order valence-electron chi connectivity index (χ4n) is 1.01. The molecule has 0 aliphatic rings. The van der Waals surface area contributed by atoms with Crippen LogP contribution in [0, 0.1) is 0 Å². The first-order chi connectivity index (χ1) is 5.79. The number of nitrogens with zero attached hydrogens (tertiary/aromatic N) is 1. The Morgan fingerprint density at radius 3 is 3.08 bits per heavy atom. The van der Waals surface area contributed by atoms with Gasteiger partial charge in [-0.2, -0.15) is 0 Å². The zero-order valence-electron chi connectivity index (χ0n) is 6.08. The molecule has 12 heavy (non-hydrogen) atoms. The first kappa shape index (κ1) is 7.58. The molecule has 0 unspecified atom stereocenters. The zero-order chi connectivity index (χ0) is 8.55. The van der Waals surface area contributed by atoms with E-state index < -0.39 is 6.61 Å². The molecule has 1 aromatic carbocycles. The molecule has 0 atom stereocenters. The van der Waals surface area contributed by atoms with Crippen molar-refractivity contribution in [1.82, 2.24) is 4.98 Å². The summed E-state index contributed by atoms with van der Waals surface area (Å²) in [6.07, 6.45) is 0. The van der Waals surface area contributed by atoms with Crippen molar-refractivity contribution >= 4 is 22.7 Å². The molecule has 2 rings (SSSR count). The Labute approximate surface area is 73.6 Å². The van der Waals surface area contributed by atoms with Crippen molar-refractivity contribution in [2.45, 2.75) is 6.61 Å². The molecule has 0 amide bonds. The van der Waals surface area contributed by atoms with E-state index in [1.54, 1.807) is 18.2 Å². The predicted octanol–water partition coefficient (Wildman–Crippen LogP) is 1.34. The van der Waals surface area contributed by atoms with Crippen molar-refractivity contribution in [3.05, 3.63) is 29.1 Å². The predicted molar refractivity (Wildman–Crippen MR) is 42.7 cm³/mol. The lowest BCUT2D eigenvalue weighted by Gasteiger charge is -1.92. The molecule has 0 aliphatic carbocycles. The van der Waals surface area contributed by atoms with Gasteiger partial charge < -0.3 is 9.52 Å². The number of hydrogen-bond donors (Lipinski definition) is 0. The zero-order valence-corrected chi connectivity index (χ0v) is 6.84. The van der Waals surface area contributed by atoms with Gasteiger partial charge >= 0.3 is 0 Å². The summed E-state index contributed by atoms with van der Waals surface area (Å²) in [4.78, 5) is 3.93. The quantitative estimate of drug-likeness (QED) is 0.669. The molecular weight excluding hydrogens is 178 g/mol. The van der Waals surface area contributed by atoms with Gasteiger partial charge in [-0.3, -0.25) is 0 Å². The van der Waals surface area contributed by atoms with E-state index in [9.17, 15) is 5.11 Å². The minimum absolute atomic E-state index is 0.201. The van der Waals surface area contributed by atoms with Crippen molar-refractivity contribution in [3.8, 4) is 0 Å². The highest BCUT2D eigenvalue weighted by Gasteiger charge is 2.01. The minimum atomic E-state index is -0.438. The molecule has 62 valence electrons. The molecule has 3 nitrogen and oxygen atoms in total. The monoisotopic (exact) mass is 182 g/mol. The van der Waals surface area contributed by atoms with Crippen LogP contribution >= 0.6 is 11.6 Å². The maximum absolute atomic E-state index is 10.4. The third kappa shape index (κ3) is 1.17. The van der Waals surface area contributed by atoms with E-state index >= 15 is 0 Å². The average molecular weight is 183 g/mol. The number of benzene rings is 1. The van der Waals surface area contributed by atoms with Crippen molar-refractivity contribution in [1.29, 1.82) is 0 Å². The Morgan fingerprint density at radius 2 is 2.33 bits per heavy atom. The number of halogens is 1. The van der Waals surface area contributed by atoms with Crippen LogP contribution in [-0.4, -0.2) is 4.98 Å². The van der Waals surface area contributed by atoms with E-state index in [1.165, 1.54) is 0 Å². The summed E-state index contributed by atoms with van der Waals surface area (Å²) >= 11 is 5.71. The molecule has 0 N–H and O–H groups in total. The lowest BCUT2D eigenvalue weighted by Crippen LogP contribution is -2.01. The van der Waals surface area contributed by atoms with E-state index in [1.807, 2.05) is 0 Å². The number of rotatable bonds is 1. The minimum Gasteiger partial charge on any atom is -0.848 e. The van der Waals surface area contributed by atoms with Crippen LogP contribution in [0.1, 0.15) is 5.89 Å². The Morgan fingerprint density at radius 1 is 1.50 bits per heavy atom. The lowest BCUT2D eigenvalue weighted by molar-refractivity contribution is -0.391. The van der Waals surface area contributed by atoms with Crippen LogP contribution in [-0.2, 0) is 6.61 Å². The topological polar surface area (TPSA) is 49.1 Å². The molecule has 0 saturated carbocycles. The average Bonchev–Trinajstić information content (AvgIpc) is 2.46. The van der Waals surface area contributed by atoms with Gasteiger partial charge in [0.25, 0.3) is 0 Å². The van der Waals surface area contributed by atoms with E-state index in [2.05, 4.69) is 4.98 Å². The van der Waals surface area contributed by atoms with E-state index in [0.717, 1.165) is 0 Å². The van der Waals surface area contributed by atoms with Crippen LogP contribution in [0.5, 0.6) is 0 Å². The SMILES string of the molecule is [O-]Cc1nc2cc(Cl)ccc2o1. The van der Waals surface area contributed by atoms with Crippen molar-refractivity contribution in [2.75, 3.05) is 0 Å². The summed E-state index contributed by atoms with van der Waals surface area (Å²) in [5.74, 6) is 0.201. The summed E-state index contributed by atoms with van der Waals surface area (Å²) in [5.41, 5.74) is 1.23. The Kier molecular flexibility index (Phi) is 1.75. The lowest BCUT2D eigenvalue weighted by atomic mass is 10.3. The summed E-state index contributed by atoms with van der Waals surface area (Å²) in [5, 5.41) is 11.0. The summed E-state index contributed by atoms with van der Waals surface area (Å²) in [7, 11) is 0. The van der Waals surface area contributed by atoms with Crippen LogP contribution in [0.2, 0.25) is 5.02 Å². The summed E-state index contributed by atoms with van der Waals surface area (Å²) in [6.45, 7) is -0.438. The molecule has 0 bridgehead atoms. The first-order valence-electron chi connectivity index (χ1n) is 3.42. The second kappa shape index (κ2) is 2.77. The van der Waals surface area contributed by atoms with Crippen molar-refractivity contribution in [3.63, 3.8) is 0 Å². The molecule has 0 fully saturated rings. The van der Waals surface area contributed by atoms with Crippen LogP contribution in [0.25, 0.3) is 11.1 Å². The smallest absolute Gasteiger partial charge is 0.178 e.